The molecule has 0 aliphatic carbocycles. The number of benzene rings is 1. The predicted octanol–water partition coefficient (Wildman–Crippen LogP) is 3.32. The van der Waals surface area contributed by atoms with E-state index >= 15 is 0 Å². The van der Waals surface area contributed by atoms with Gasteiger partial charge in [0.25, 0.3) is 0 Å². The van der Waals surface area contributed by atoms with Crippen LogP contribution < -0.4 is 0 Å². The van der Waals surface area contributed by atoms with E-state index in [0.29, 0.717) is 12.2 Å². The van der Waals surface area contributed by atoms with Gasteiger partial charge in [-0.15, -0.1) is 0 Å². The van der Waals surface area contributed by atoms with Gasteiger partial charge in [0.05, 0.1) is 12.2 Å². The maximum Gasteiger partial charge on any atom is 0.338 e. The molecule has 0 radical (unpaired) electrons. The van der Waals surface area contributed by atoms with Gasteiger partial charge in [-0.3, -0.25) is 0 Å². The van der Waals surface area contributed by atoms with Crippen molar-refractivity contribution in [3.05, 3.63) is 33.8 Å². The van der Waals surface area contributed by atoms with Crippen molar-refractivity contribution < 1.29 is 9.53 Å². The maximum atomic E-state index is 11.5. The molecular weight excluding hydrogens is 244 g/mol. The molecule has 1 aromatic carbocycles. The lowest BCUT2D eigenvalue weighted by Crippen LogP contribution is -2.07. The molecule has 0 saturated carbocycles. The van der Waals surface area contributed by atoms with E-state index in [2.05, 4.69) is 15.9 Å². The van der Waals surface area contributed by atoms with Gasteiger partial charge in [-0.1, -0.05) is 22.9 Å². The predicted molar refractivity (Wildman–Crippen MR) is 59.5 cm³/mol. The zero-order valence-corrected chi connectivity index (χ0v) is 9.93. The van der Waals surface area contributed by atoms with Gasteiger partial charge >= 0.3 is 5.97 Å². The fourth-order valence-electron chi connectivity index (χ4n) is 1.13. The topological polar surface area (TPSA) is 26.3 Å². The van der Waals surface area contributed by atoms with Crippen molar-refractivity contribution in [1.82, 2.24) is 0 Å². The first-order valence-corrected chi connectivity index (χ1v) is 5.37. The van der Waals surface area contributed by atoms with Gasteiger partial charge in [-0.25, -0.2) is 4.79 Å². The third-order valence-corrected chi connectivity index (χ3v) is 2.34. The second-order valence-corrected chi connectivity index (χ2v) is 4.01. The lowest BCUT2D eigenvalue weighted by Gasteiger charge is -2.06. The highest BCUT2D eigenvalue weighted by Gasteiger charge is 2.09. The van der Waals surface area contributed by atoms with Crippen LogP contribution in [0, 0.1) is 6.92 Å². The Kier molecular flexibility index (Phi) is 4.14. The van der Waals surface area contributed by atoms with Gasteiger partial charge in [0.15, 0.2) is 0 Å². The molecule has 0 atom stereocenters. The van der Waals surface area contributed by atoms with Crippen LogP contribution in [0.2, 0.25) is 0 Å². The van der Waals surface area contributed by atoms with Gasteiger partial charge in [-0.2, -0.15) is 0 Å². The first kappa shape index (κ1) is 11.2. The average Bonchev–Trinajstić information content (AvgIpc) is 2.14. The number of carbonyl (C=O) groups is 1. The molecule has 0 bridgehead atoms. The molecule has 3 heteroatoms. The molecule has 0 aliphatic heterocycles. The molecule has 0 saturated heterocycles. The molecule has 0 N–H and O–H groups in total. The smallest absolute Gasteiger partial charge is 0.338 e. The Labute approximate surface area is 92.4 Å². The number of hydrogen-bond acceptors (Lipinski definition) is 2. The summed E-state index contributed by atoms with van der Waals surface area (Å²) in [6.07, 6.45) is 0.849. The van der Waals surface area contributed by atoms with Crippen molar-refractivity contribution in [1.29, 1.82) is 0 Å². The second-order valence-electron chi connectivity index (χ2n) is 3.10. The quantitative estimate of drug-likeness (QED) is 0.776. The van der Waals surface area contributed by atoms with Gasteiger partial charge < -0.3 is 4.74 Å². The maximum absolute atomic E-state index is 11.5. The standard InChI is InChI=1S/C11H13BrO2/c1-3-6-14-11(13)10-5-4-9(12)7-8(10)2/h4-5,7H,3,6H2,1-2H3. The van der Waals surface area contributed by atoms with Gasteiger partial charge in [0.1, 0.15) is 0 Å². The van der Waals surface area contributed by atoms with E-state index in [1.54, 1.807) is 6.07 Å². The third kappa shape index (κ3) is 2.84. The van der Waals surface area contributed by atoms with Gasteiger partial charge in [0, 0.05) is 4.47 Å². The summed E-state index contributed by atoms with van der Waals surface area (Å²) in [7, 11) is 0. The summed E-state index contributed by atoms with van der Waals surface area (Å²) in [6, 6.07) is 5.52. The van der Waals surface area contributed by atoms with Crippen LogP contribution in [-0.2, 0) is 4.74 Å². The monoisotopic (exact) mass is 256 g/mol. The molecule has 0 unspecified atom stereocenters. The number of halogens is 1. The van der Waals surface area contributed by atoms with E-state index in [4.69, 9.17) is 4.74 Å². The van der Waals surface area contributed by atoms with Crippen LogP contribution in [0.4, 0.5) is 0 Å². The molecule has 1 aromatic rings. The molecule has 0 spiro atoms. The number of rotatable bonds is 3. The largest absolute Gasteiger partial charge is 0.462 e. The number of esters is 1. The van der Waals surface area contributed by atoms with Crippen molar-refractivity contribution >= 4 is 21.9 Å². The SMILES string of the molecule is CCCOC(=O)c1ccc(Br)cc1C. The highest BCUT2D eigenvalue weighted by Crippen LogP contribution is 2.16. The minimum atomic E-state index is -0.239. The molecule has 2 nitrogen and oxygen atoms in total. The Morgan fingerprint density at radius 3 is 2.79 bits per heavy atom. The Bertz CT molecular complexity index is 334. The van der Waals surface area contributed by atoms with Gasteiger partial charge in [0.2, 0.25) is 0 Å². The third-order valence-electron chi connectivity index (χ3n) is 1.85. The fraction of sp³-hybridized carbons (Fsp3) is 0.364. The molecule has 0 aromatic heterocycles. The molecule has 76 valence electrons. The molecular formula is C11H13BrO2. The van der Waals surface area contributed by atoms with Crippen LogP contribution in [0.25, 0.3) is 0 Å². The summed E-state index contributed by atoms with van der Waals surface area (Å²) in [6.45, 7) is 4.35. The number of ether oxygens (including phenoxy) is 1. The summed E-state index contributed by atoms with van der Waals surface area (Å²) in [5.74, 6) is -0.239. The molecule has 1 rings (SSSR count). The van der Waals surface area contributed by atoms with Gasteiger partial charge in [-0.05, 0) is 37.1 Å². The summed E-state index contributed by atoms with van der Waals surface area (Å²) in [5, 5.41) is 0. The van der Waals surface area contributed by atoms with Crippen LogP contribution in [0.5, 0.6) is 0 Å². The zero-order valence-electron chi connectivity index (χ0n) is 8.34. The van der Waals surface area contributed by atoms with E-state index in [-0.39, 0.29) is 5.97 Å². The molecule has 0 heterocycles. The molecule has 14 heavy (non-hydrogen) atoms. The van der Waals surface area contributed by atoms with Crippen LogP contribution in [-0.4, -0.2) is 12.6 Å². The van der Waals surface area contributed by atoms with E-state index < -0.39 is 0 Å². The minimum absolute atomic E-state index is 0.239. The second kappa shape index (κ2) is 5.15. The van der Waals surface area contributed by atoms with E-state index in [9.17, 15) is 4.79 Å². The first-order valence-electron chi connectivity index (χ1n) is 4.58. The first-order chi connectivity index (χ1) is 6.65. The van der Waals surface area contributed by atoms with Crippen LogP contribution in [0.15, 0.2) is 22.7 Å². The molecule has 0 fully saturated rings. The van der Waals surface area contributed by atoms with Crippen molar-refractivity contribution in [3.8, 4) is 0 Å². The van der Waals surface area contributed by atoms with Crippen LogP contribution in [0.3, 0.4) is 0 Å². The summed E-state index contributed by atoms with van der Waals surface area (Å²) in [5.41, 5.74) is 1.57. The Morgan fingerprint density at radius 2 is 2.21 bits per heavy atom. The Balaban J connectivity index is 2.80. The molecule has 0 aliphatic rings. The number of aryl methyl sites for hydroxylation is 1. The normalized spacial score (nSPS) is 9.93. The van der Waals surface area contributed by atoms with Crippen LogP contribution in [0.1, 0.15) is 29.3 Å². The Morgan fingerprint density at radius 1 is 1.50 bits per heavy atom. The fourth-order valence-corrected chi connectivity index (χ4v) is 1.60. The van der Waals surface area contributed by atoms with E-state index in [1.807, 2.05) is 26.0 Å². The molecule has 0 amide bonds. The highest BCUT2D eigenvalue weighted by molar-refractivity contribution is 9.10. The van der Waals surface area contributed by atoms with Crippen molar-refractivity contribution in [3.63, 3.8) is 0 Å². The number of carbonyl (C=O) groups excluding carboxylic acids is 1. The zero-order chi connectivity index (χ0) is 10.6. The summed E-state index contributed by atoms with van der Waals surface area (Å²) < 4.78 is 6.02. The van der Waals surface area contributed by atoms with E-state index in [1.165, 1.54) is 0 Å². The minimum Gasteiger partial charge on any atom is -0.462 e. The average molecular weight is 257 g/mol. The lowest BCUT2D eigenvalue weighted by atomic mass is 10.1. The van der Waals surface area contributed by atoms with Crippen molar-refractivity contribution in [2.45, 2.75) is 20.3 Å². The van der Waals surface area contributed by atoms with Crippen molar-refractivity contribution in [2.75, 3.05) is 6.61 Å². The highest BCUT2D eigenvalue weighted by atomic mass is 79.9. The number of hydrogen-bond donors (Lipinski definition) is 0. The summed E-state index contributed by atoms with van der Waals surface area (Å²) in [4.78, 5) is 11.5. The Hall–Kier alpha value is -0.830. The van der Waals surface area contributed by atoms with E-state index in [0.717, 1.165) is 16.5 Å². The summed E-state index contributed by atoms with van der Waals surface area (Å²) >= 11 is 3.35. The lowest BCUT2D eigenvalue weighted by molar-refractivity contribution is 0.0504. The van der Waals surface area contributed by atoms with Crippen LogP contribution >= 0.6 is 15.9 Å². The van der Waals surface area contributed by atoms with Crippen molar-refractivity contribution in [2.24, 2.45) is 0 Å².